The fourth-order valence-corrected chi connectivity index (χ4v) is 2.07. The number of carbonyl (C=O) groups excluding carboxylic acids is 1. The lowest BCUT2D eigenvalue weighted by molar-refractivity contribution is 0.0949. The minimum absolute atomic E-state index is 0. The fraction of sp³-hybridized carbons (Fsp3) is 0.462. The molecule has 1 saturated heterocycles. The van der Waals surface area contributed by atoms with E-state index in [1.54, 1.807) is 0 Å². The van der Waals surface area contributed by atoms with Crippen LogP contribution in [0.3, 0.4) is 0 Å². The molecular weight excluding hydrogens is 236 g/mol. The predicted molar refractivity (Wildman–Crippen MR) is 71.8 cm³/mol. The van der Waals surface area contributed by atoms with Gasteiger partial charge >= 0.3 is 0 Å². The van der Waals surface area contributed by atoms with Gasteiger partial charge in [0.25, 0.3) is 5.91 Å². The molecule has 0 spiro atoms. The van der Waals surface area contributed by atoms with Gasteiger partial charge in [0.05, 0.1) is 0 Å². The number of carbonyl (C=O) groups is 1. The Morgan fingerprint density at radius 3 is 2.88 bits per heavy atom. The highest BCUT2D eigenvalue weighted by Gasteiger charge is 2.15. The number of rotatable bonds is 3. The van der Waals surface area contributed by atoms with Crippen molar-refractivity contribution in [2.75, 3.05) is 13.1 Å². The number of benzene rings is 1. The molecule has 1 unspecified atom stereocenters. The molecule has 1 atom stereocenters. The average molecular weight is 255 g/mol. The van der Waals surface area contributed by atoms with Gasteiger partial charge in [-0.25, -0.2) is 0 Å². The average Bonchev–Trinajstić information content (AvgIpc) is 2.79. The summed E-state index contributed by atoms with van der Waals surface area (Å²) in [5.74, 6) is 0.0341. The smallest absolute Gasteiger partial charge is 0.251 e. The lowest BCUT2D eigenvalue weighted by Gasteiger charge is -2.12. The summed E-state index contributed by atoms with van der Waals surface area (Å²) in [5, 5.41) is 6.34. The molecule has 0 aromatic heterocycles. The highest BCUT2D eigenvalue weighted by atomic mass is 35.5. The van der Waals surface area contributed by atoms with Crippen molar-refractivity contribution < 1.29 is 4.79 Å². The lowest BCUT2D eigenvalue weighted by Crippen LogP contribution is -2.37. The lowest BCUT2D eigenvalue weighted by atomic mass is 10.1. The summed E-state index contributed by atoms with van der Waals surface area (Å²) in [6, 6.07) is 8.13. The Balaban J connectivity index is 0.00000144. The molecule has 1 aliphatic rings. The molecule has 1 fully saturated rings. The van der Waals surface area contributed by atoms with Crippen LogP contribution in [0.2, 0.25) is 0 Å². The molecule has 0 aliphatic carbocycles. The Bertz CT molecular complexity index is 375. The number of aryl methyl sites for hydroxylation is 1. The molecule has 1 amide bonds. The summed E-state index contributed by atoms with van der Waals surface area (Å²) in [7, 11) is 0. The van der Waals surface area contributed by atoms with Crippen LogP contribution in [0, 0.1) is 6.92 Å². The highest BCUT2D eigenvalue weighted by molar-refractivity contribution is 5.95. The Morgan fingerprint density at radius 1 is 1.47 bits per heavy atom. The second-order valence-electron chi connectivity index (χ2n) is 4.32. The zero-order chi connectivity index (χ0) is 11.4. The quantitative estimate of drug-likeness (QED) is 0.865. The molecule has 1 aromatic carbocycles. The Labute approximate surface area is 108 Å². The van der Waals surface area contributed by atoms with Crippen molar-refractivity contribution in [1.82, 2.24) is 10.6 Å². The van der Waals surface area contributed by atoms with E-state index >= 15 is 0 Å². The molecule has 0 saturated carbocycles. The maximum atomic E-state index is 11.9. The van der Waals surface area contributed by atoms with Crippen LogP contribution < -0.4 is 10.6 Å². The van der Waals surface area contributed by atoms with Crippen LogP contribution in [-0.2, 0) is 0 Å². The monoisotopic (exact) mass is 254 g/mol. The number of hydrogen-bond acceptors (Lipinski definition) is 2. The topological polar surface area (TPSA) is 41.1 Å². The molecule has 3 nitrogen and oxygen atoms in total. The van der Waals surface area contributed by atoms with E-state index in [0.717, 1.165) is 30.6 Å². The first-order chi connectivity index (χ1) is 7.77. The van der Waals surface area contributed by atoms with E-state index in [2.05, 4.69) is 10.6 Å². The van der Waals surface area contributed by atoms with Gasteiger partial charge < -0.3 is 10.6 Å². The predicted octanol–water partition coefficient (Wildman–Crippen LogP) is 1.90. The molecule has 94 valence electrons. The standard InChI is InChI=1S/C13H18N2O.ClH/c1-10-5-2-3-7-12(10)13(16)15-9-11-6-4-8-14-11;/h2-3,5,7,11,14H,4,6,8-9H2,1H3,(H,15,16);1H. The van der Waals surface area contributed by atoms with Crippen LogP contribution in [-0.4, -0.2) is 25.0 Å². The molecule has 2 N–H and O–H groups in total. The molecule has 0 radical (unpaired) electrons. The third kappa shape index (κ3) is 3.72. The summed E-state index contributed by atoms with van der Waals surface area (Å²) in [6.45, 7) is 3.76. The van der Waals surface area contributed by atoms with E-state index in [-0.39, 0.29) is 18.3 Å². The Hall–Kier alpha value is -1.06. The SMILES string of the molecule is Cc1ccccc1C(=O)NCC1CCCN1.Cl. The first-order valence-electron chi connectivity index (χ1n) is 5.84. The largest absolute Gasteiger partial charge is 0.350 e. The zero-order valence-electron chi connectivity index (χ0n) is 10.0. The molecule has 2 rings (SSSR count). The zero-order valence-corrected chi connectivity index (χ0v) is 10.8. The Kier molecular flexibility index (Phi) is 5.45. The van der Waals surface area contributed by atoms with Crippen LogP contribution in [0.15, 0.2) is 24.3 Å². The van der Waals surface area contributed by atoms with Gasteiger partial charge in [-0.1, -0.05) is 18.2 Å². The first kappa shape index (κ1) is 14.0. The minimum atomic E-state index is 0. The molecular formula is C13H19ClN2O. The third-order valence-corrected chi connectivity index (χ3v) is 3.06. The first-order valence-corrected chi connectivity index (χ1v) is 5.84. The second kappa shape index (κ2) is 6.62. The molecule has 1 aromatic rings. The van der Waals surface area contributed by atoms with Crippen molar-refractivity contribution in [3.63, 3.8) is 0 Å². The minimum Gasteiger partial charge on any atom is -0.350 e. The van der Waals surface area contributed by atoms with Gasteiger partial charge in [0.15, 0.2) is 0 Å². The van der Waals surface area contributed by atoms with Gasteiger partial charge in [-0.05, 0) is 37.9 Å². The van der Waals surface area contributed by atoms with Crippen LogP contribution in [0.25, 0.3) is 0 Å². The normalized spacial score (nSPS) is 18.5. The van der Waals surface area contributed by atoms with Crippen molar-refractivity contribution in [3.05, 3.63) is 35.4 Å². The Morgan fingerprint density at radius 2 is 2.24 bits per heavy atom. The van der Waals surface area contributed by atoms with Crippen molar-refractivity contribution in [3.8, 4) is 0 Å². The van der Waals surface area contributed by atoms with Crippen LogP contribution in [0.5, 0.6) is 0 Å². The third-order valence-electron chi connectivity index (χ3n) is 3.06. The van der Waals surface area contributed by atoms with Crippen molar-refractivity contribution in [2.45, 2.75) is 25.8 Å². The summed E-state index contributed by atoms with van der Waals surface area (Å²) in [6.07, 6.45) is 2.37. The highest BCUT2D eigenvalue weighted by Crippen LogP contribution is 2.07. The van der Waals surface area contributed by atoms with E-state index in [9.17, 15) is 4.79 Å². The number of halogens is 1. The molecule has 1 aliphatic heterocycles. The van der Waals surface area contributed by atoms with E-state index in [4.69, 9.17) is 0 Å². The van der Waals surface area contributed by atoms with Crippen LogP contribution >= 0.6 is 12.4 Å². The van der Waals surface area contributed by atoms with Crippen LogP contribution in [0.1, 0.15) is 28.8 Å². The summed E-state index contributed by atoms with van der Waals surface area (Å²) in [5.41, 5.74) is 1.81. The van der Waals surface area contributed by atoms with Gasteiger partial charge in [-0.15, -0.1) is 12.4 Å². The molecule has 1 heterocycles. The fourth-order valence-electron chi connectivity index (χ4n) is 2.07. The van der Waals surface area contributed by atoms with Crippen molar-refractivity contribution >= 4 is 18.3 Å². The van der Waals surface area contributed by atoms with Crippen LogP contribution in [0.4, 0.5) is 0 Å². The molecule has 4 heteroatoms. The van der Waals surface area contributed by atoms with E-state index in [1.807, 2.05) is 31.2 Å². The number of hydrogen-bond donors (Lipinski definition) is 2. The maximum Gasteiger partial charge on any atom is 0.251 e. The number of amides is 1. The summed E-state index contributed by atoms with van der Waals surface area (Å²) in [4.78, 5) is 11.9. The van der Waals surface area contributed by atoms with Gasteiger partial charge in [-0.2, -0.15) is 0 Å². The van der Waals surface area contributed by atoms with E-state index in [0.29, 0.717) is 6.04 Å². The maximum absolute atomic E-state index is 11.9. The summed E-state index contributed by atoms with van der Waals surface area (Å²) < 4.78 is 0. The van der Waals surface area contributed by atoms with Gasteiger partial charge in [0, 0.05) is 18.2 Å². The second-order valence-corrected chi connectivity index (χ2v) is 4.32. The van der Waals surface area contributed by atoms with E-state index in [1.165, 1.54) is 6.42 Å². The number of nitrogens with one attached hydrogen (secondary N) is 2. The van der Waals surface area contributed by atoms with Crippen molar-refractivity contribution in [2.24, 2.45) is 0 Å². The van der Waals surface area contributed by atoms with Gasteiger partial charge in [0.2, 0.25) is 0 Å². The molecule has 17 heavy (non-hydrogen) atoms. The van der Waals surface area contributed by atoms with Gasteiger partial charge in [0.1, 0.15) is 0 Å². The van der Waals surface area contributed by atoms with Gasteiger partial charge in [-0.3, -0.25) is 4.79 Å². The summed E-state index contributed by atoms with van der Waals surface area (Å²) >= 11 is 0. The van der Waals surface area contributed by atoms with E-state index < -0.39 is 0 Å². The molecule has 0 bridgehead atoms. The van der Waals surface area contributed by atoms with Crippen molar-refractivity contribution in [1.29, 1.82) is 0 Å².